The Kier molecular flexibility index (Phi) is 3.51. The van der Waals surface area contributed by atoms with Gasteiger partial charge in [0.1, 0.15) is 0 Å². The molecule has 1 fully saturated rings. The third-order valence-corrected chi connectivity index (χ3v) is 3.14. The molecular weight excluding hydrogens is 226 g/mol. The third kappa shape index (κ3) is 2.57. The highest BCUT2D eigenvalue weighted by Crippen LogP contribution is 2.09. The molecule has 1 aromatic heterocycles. The van der Waals surface area contributed by atoms with Crippen LogP contribution in [-0.4, -0.2) is 34.3 Å². The lowest BCUT2D eigenvalue weighted by molar-refractivity contribution is 0.0949. The number of urea groups is 1. The zero-order valence-electron chi connectivity index (χ0n) is 8.81. The molecule has 0 saturated carbocycles. The van der Waals surface area contributed by atoms with Crippen LogP contribution in [0.4, 0.5) is 4.79 Å². The summed E-state index contributed by atoms with van der Waals surface area (Å²) in [6.45, 7) is 1.47. The second-order valence-electron chi connectivity index (χ2n) is 3.72. The van der Waals surface area contributed by atoms with Crippen molar-refractivity contribution >= 4 is 23.5 Å². The number of rotatable bonds is 1. The molecule has 2 rings (SSSR count). The number of hydrogen-bond acceptors (Lipinski definition) is 4. The molecule has 0 atom stereocenters. The molecular formula is C10H13N3O2S. The number of likely N-dealkylation sites (tertiary alicyclic amines) is 1. The molecule has 1 N–H and O–H groups in total. The molecule has 86 valence electrons. The number of amides is 3. The fraction of sp³-hybridized carbons (Fsp3) is 0.500. The van der Waals surface area contributed by atoms with Gasteiger partial charge < -0.3 is 4.90 Å². The second kappa shape index (κ2) is 5.07. The number of carbonyl (C=O) groups is 2. The van der Waals surface area contributed by atoms with Crippen molar-refractivity contribution < 1.29 is 9.59 Å². The van der Waals surface area contributed by atoms with Crippen LogP contribution in [0.5, 0.6) is 0 Å². The lowest BCUT2D eigenvalue weighted by atomic mass is 10.1. The normalized spacial score (nSPS) is 15.9. The van der Waals surface area contributed by atoms with E-state index < -0.39 is 0 Å². The van der Waals surface area contributed by atoms with Gasteiger partial charge in [0.25, 0.3) is 5.91 Å². The van der Waals surface area contributed by atoms with Crippen LogP contribution in [0.2, 0.25) is 0 Å². The average molecular weight is 239 g/mol. The number of imide groups is 1. The van der Waals surface area contributed by atoms with Crippen LogP contribution in [0.15, 0.2) is 11.6 Å². The summed E-state index contributed by atoms with van der Waals surface area (Å²) < 4.78 is 3.82. The molecule has 16 heavy (non-hydrogen) atoms. The average Bonchev–Trinajstić information content (AvgIpc) is 2.83. The van der Waals surface area contributed by atoms with E-state index in [1.165, 1.54) is 17.7 Å². The fourth-order valence-corrected chi connectivity index (χ4v) is 2.18. The zero-order valence-corrected chi connectivity index (χ0v) is 9.63. The topological polar surface area (TPSA) is 62.3 Å². The lowest BCUT2D eigenvalue weighted by Gasteiger charge is -2.26. The van der Waals surface area contributed by atoms with Crippen molar-refractivity contribution in [2.45, 2.75) is 19.3 Å². The third-order valence-electron chi connectivity index (χ3n) is 2.56. The Balaban J connectivity index is 1.89. The lowest BCUT2D eigenvalue weighted by Crippen LogP contribution is -2.45. The van der Waals surface area contributed by atoms with Gasteiger partial charge in [0.15, 0.2) is 0 Å². The molecule has 2 heterocycles. The maximum absolute atomic E-state index is 11.7. The van der Waals surface area contributed by atoms with Crippen molar-refractivity contribution in [3.05, 3.63) is 17.1 Å². The molecule has 1 aliphatic heterocycles. The summed E-state index contributed by atoms with van der Waals surface area (Å²) in [5, 5.41) is 3.99. The van der Waals surface area contributed by atoms with Crippen LogP contribution < -0.4 is 5.32 Å². The molecule has 0 radical (unpaired) electrons. The van der Waals surface area contributed by atoms with Crippen LogP contribution >= 0.6 is 11.5 Å². The first-order valence-corrected chi connectivity index (χ1v) is 6.10. The molecule has 1 aliphatic rings. The maximum atomic E-state index is 11.7. The summed E-state index contributed by atoms with van der Waals surface area (Å²) in [7, 11) is 0. The number of hydrogen-bond donors (Lipinski definition) is 1. The number of nitrogens with zero attached hydrogens (tertiary/aromatic N) is 2. The molecule has 0 bridgehead atoms. The van der Waals surface area contributed by atoms with Gasteiger partial charge >= 0.3 is 6.03 Å². The van der Waals surface area contributed by atoms with Gasteiger partial charge in [-0.1, -0.05) is 0 Å². The second-order valence-corrected chi connectivity index (χ2v) is 4.38. The minimum Gasteiger partial charge on any atom is -0.324 e. The minimum absolute atomic E-state index is 0.295. The van der Waals surface area contributed by atoms with Gasteiger partial charge in [0.2, 0.25) is 0 Å². The monoisotopic (exact) mass is 239 g/mol. The molecule has 5 nitrogen and oxygen atoms in total. The van der Waals surface area contributed by atoms with E-state index >= 15 is 0 Å². The Morgan fingerprint density at radius 1 is 1.31 bits per heavy atom. The highest BCUT2D eigenvalue weighted by Gasteiger charge is 2.19. The summed E-state index contributed by atoms with van der Waals surface area (Å²) in [5.74, 6) is -0.371. The van der Waals surface area contributed by atoms with E-state index in [4.69, 9.17) is 0 Å². The van der Waals surface area contributed by atoms with Crippen LogP contribution in [0.3, 0.4) is 0 Å². The van der Waals surface area contributed by atoms with E-state index in [0.717, 1.165) is 32.4 Å². The van der Waals surface area contributed by atoms with Crippen LogP contribution in [0.25, 0.3) is 0 Å². The summed E-state index contributed by atoms with van der Waals surface area (Å²) in [6, 6.07) is -0.295. The summed E-state index contributed by atoms with van der Waals surface area (Å²) >= 11 is 1.19. The van der Waals surface area contributed by atoms with Crippen LogP contribution in [0.1, 0.15) is 29.6 Å². The first-order chi connectivity index (χ1) is 7.77. The molecule has 3 amide bonds. The van der Waals surface area contributed by atoms with Crippen molar-refractivity contribution in [2.24, 2.45) is 0 Å². The van der Waals surface area contributed by atoms with Gasteiger partial charge in [0.05, 0.1) is 11.8 Å². The molecule has 1 aromatic rings. The molecule has 1 saturated heterocycles. The Morgan fingerprint density at radius 3 is 2.69 bits per heavy atom. The van der Waals surface area contributed by atoms with Crippen molar-refractivity contribution in [1.29, 1.82) is 0 Å². The number of piperidine rings is 1. The number of aromatic nitrogens is 1. The quantitative estimate of drug-likeness (QED) is 0.807. The molecule has 0 aromatic carbocycles. The molecule has 0 unspecified atom stereocenters. The number of carbonyl (C=O) groups excluding carboxylic acids is 2. The van der Waals surface area contributed by atoms with E-state index in [1.54, 1.807) is 10.3 Å². The Morgan fingerprint density at radius 2 is 2.06 bits per heavy atom. The summed E-state index contributed by atoms with van der Waals surface area (Å²) in [6.07, 6.45) is 4.65. The van der Waals surface area contributed by atoms with E-state index in [2.05, 4.69) is 9.69 Å². The van der Waals surface area contributed by atoms with Gasteiger partial charge in [-0.3, -0.25) is 10.1 Å². The SMILES string of the molecule is O=C(NC(=O)N1CCCCC1)c1cnsc1. The van der Waals surface area contributed by atoms with Crippen molar-refractivity contribution in [1.82, 2.24) is 14.6 Å². The van der Waals surface area contributed by atoms with E-state index in [-0.39, 0.29) is 11.9 Å². The van der Waals surface area contributed by atoms with Crippen molar-refractivity contribution in [2.75, 3.05) is 13.1 Å². The van der Waals surface area contributed by atoms with Gasteiger partial charge in [-0.15, -0.1) is 0 Å². The first kappa shape index (κ1) is 11.1. The van der Waals surface area contributed by atoms with Gasteiger partial charge in [0, 0.05) is 18.5 Å². The Bertz CT molecular complexity index is 371. The van der Waals surface area contributed by atoms with E-state index in [9.17, 15) is 9.59 Å². The predicted molar refractivity (Wildman–Crippen MR) is 60.4 cm³/mol. The summed E-state index contributed by atoms with van der Waals surface area (Å²) in [5.41, 5.74) is 0.440. The first-order valence-electron chi connectivity index (χ1n) is 5.27. The highest BCUT2D eigenvalue weighted by atomic mass is 32.1. The van der Waals surface area contributed by atoms with Crippen molar-refractivity contribution in [3.8, 4) is 0 Å². The fourth-order valence-electron chi connectivity index (χ4n) is 1.66. The molecule has 0 spiro atoms. The molecule has 0 aliphatic carbocycles. The van der Waals surface area contributed by atoms with Gasteiger partial charge in [-0.05, 0) is 30.8 Å². The number of nitrogens with one attached hydrogen (secondary N) is 1. The minimum atomic E-state index is -0.371. The Hall–Kier alpha value is -1.43. The van der Waals surface area contributed by atoms with Crippen molar-refractivity contribution in [3.63, 3.8) is 0 Å². The smallest absolute Gasteiger partial charge is 0.324 e. The van der Waals surface area contributed by atoms with Gasteiger partial charge in [-0.2, -0.15) is 0 Å². The van der Waals surface area contributed by atoms with Gasteiger partial charge in [-0.25, -0.2) is 9.17 Å². The largest absolute Gasteiger partial charge is 0.324 e. The van der Waals surface area contributed by atoms with Crippen LogP contribution in [0, 0.1) is 0 Å². The standard InChI is InChI=1S/C10H13N3O2S/c14-9(8-6-11-16-7-8)12-10(15)13-4-2-1-3-5-13/h6-7H,1-5H2,(H,12,14,15). The van der Waals surface area contributed by atoms with E-state index in [1.807, 2.05) is 0 Å². The Labute approximate surface area is 97.6 Å². The predicted octanol–water partition coefficient (Wildman–Crippen LogP) is 1.48. The van der Waals surface area contributed by atoms with Crippen LogP contribution in [-0.2, 0) is 0 Å². The maximum Gasteiger partial charge on any atom is 0.324 e. The van der Waals surface area contributed by atoms with E-state index in [0.29, 0.717) is 5.56 Å². The zero-order chi connectivity index (χ0) is 11.4. The highest BCUT2D eigenvalue weighted by molar-refractivity contribution is 7.03. The molecule has 6 heteroatoms. The summed E-state index contributed by atoms with van der Waals surface area (Å²) in [4.78, 5) is 24.9.